The maximum atomic E-state index is 13.9. The van der Waals surface area contributed by atoms with E-state index in [-0.39, 0.29) is 17.6 Å². The Morgan fingerprint density at radius 3 is 2.17 bits per heavy atom. The SMILES string of the molecule is Cc1ccc(C(=O)N2CCN(C(=O)OC(C)(C)C)CC2)c(F)c1. The van der Waals surface area contributed by atoms with E-state index in [4.69, 9.17) is 4.74 Å². The molecule has 0 atom stereocenters. The number of hydrogen-bond donors (Lipinski definition) is 0. The Hall–Kier alpha value is -2.11. The molecule has 0 saturated carbocycles. The van der Waals surface area contributed by atoms with E-state index in [1.54, 1.807) is 22.8 Å². The molecule has 126 valence electrons. The molecule has 1 aliphatic rings. The lowest BCUT2D eigenvalue weighted by atomic mass is 10.1. The second-order valence-corrected chi connectivity index (χ2v) is 6.74. The Kier molecular flexibility index (Phi) is 4.92. The van der Waals surface area contributed by atoms with E-state index >= 15 is 0 Å². The summed E-state index contributed by atoms with van der Waals surface area (Å²) < 4.78 is 19.2. The molecule has 5 nitrogen and oxygen atoms in total. The molecule has 0 aliphatic carbocycles. The minimum atomic E-state index is -0.547. The second kappa shape index (κ2) is 6.56. The number of carbonyl (C=O) groups is 2. The zero-order chi connectivity index (χ0) is 17.2. The third-order valence-corrected chi connectivity index (χ3v) is 3.57. The van der Waals surface area contributed by atoms with Gasteiger partial charge in [0.1, 0.15) is 11.4 Å². The van der Waals surface area contributed by atoms with Crippen LogP contribution < -0.4 is 0 Å². The van der Waals surface area contributed by atoms with Crippen molar-refractivity contribution in [3.63, 3.8) is 0 Å². The minimum Gasteiger partial charge on any atom is -0.444 e. The number of carbonyl (C=O) groups excluding carboxylic acids is 2. The zero-order valence-electron chi connectivity index (χ0n) is 14.1. The van der Waals surface area contributed by atoms with Crippen molar-refractivity contribution in [3.05, 3.63) is 35.1 Å². The van der Waals surface area contributed by atoms with Crippen molar-refractivity contribution in [2.45, 2.75) is 33.3 Å². The predicted octanol–water partition coefficient (Wildman–Crippen LogP) is 2.83. The number of hydrogen-bond acceptors (Lipinski definition) is 3. The summed E-state index contributed by atoms with van der Waals surface area (Å²) in [6, 6.07) is 4.57. The Labute approximate surface area is 136 Å². The van der Waals surface area contributed by atoms with Gasteiger partial charge in [-0.2, -0.15) is 0 Å². The van der Waals surface area contributed by atoms with Gasteiger partial charge in [-0.1, -0.05) is 6.07 Å². The van der Waals surface area contributed by atoms with Crippen molar-refractivity contribution < 1.29 is 18.7 Å². The molecule has 1 aliphatic heterocycles. The van der Waals surface area contributed by atoms with Crippen LogP contribution in [0, 0.1) is 12.7 Å². The number of nitrogens with zero attached hydrogens (tertiary/aromatic N) is 2. The summed E-state index contributed by atoms with van der Waals surface area (Å²) in [5.74, 6) is -0.851. The summed E-state index contributed by atoms with van der Waals surface area (Å²) in [6.45, 7) is 8.70. The standard InChI is InChI=1S/C17H23FN2O3/c1-12-5-6-13(14(18)11-12)15(21)19-7-9-20(10-8-19)16(22)23-17(2,3)4/h5-6,11H,7-10H2,1-4H3. The molecule has 1 fully saturated rings. The summed E-state index contributed by atoms with van der Waals surface area (Å²) in [7, 11) is 0. The maximum absolute atomic E-state index is 13.9. The van der Waals surface area contributed by atoms with E-state index in [0.717, 1.165) is 5.56 Å². The molecule has 1 saturated heterocycles. The molecule has 0 bridgehead atoms. The third-order valence-electron chi connectivity index (χ3n) is 3.57. The number of benzene rings is 1. The fourth-order valence-electron chi connectivity index (χ4n) is 2.38. The molecule has 1 aromatic rings. The molecule has 0 unspecified atom stereocenters. The largest absolute Gasteiger partial charge is 0.444 e. The number of amides is 2. The van der Waals surface area contributed by atoms with Gasteiger partial charge in [0.25, 0.3) is 5.91 Å². The van der Waals surface area contributed by atoms with Gasteiger partial charge in [-0.05, 0) is 45.4 Å². The van der Waals surface area contributed by atoms with Gasteiger partial charge in [-0.25, -0.2) is 9.18 Å². The second-order valence-electron chi connectivity index (χ2n) is 6.74. The first-order chi connectivity index (χ1) is 10.7. The molecular formula is C17H23FN2O3. The van der Waals surface area contributed by atoms with Crippen LogP contribution in [0.15, 0.2) is 18.2 Å². The van der Waals surface area contributed by atoms with Crippen molar-refractivity contribution >= 4 is 12.0 Å². The zero-order valence-corrected chi connectivity index (χ0v) is 14.1. The summed E-state index contributed by atoms with van der Waals surface area (Å²) in [5, 5.41) is 0. The van der Waals surface area contributed by atoms with Gasteiger partial charge in [0, 0.05) is 26.2 Å². The lowest BCUT2D eigenvalue weighted by Crippen LogP contribution is -2.51. The van der Waals surface area contributed by atoms with Crippen LogP contribution in [0.5, 0.6) is 0 Å². The van der Waals surface area contributed by atoms with E-state index in [0.29, 0.717) is 26.2 Å². The molecular weight excluding hydrogens is 299 g/mol. The minimum absolute atomic E-state index is 0.0707. The van der Waals surface area contributed by atoms with Crippen LogP contribution in [-0.2, 0) is 4.74 Å². The quantitative estimate of drug-likeness (QED) is 0.799. The van der Waals surface area contributed by atoms with Crippen molar-refractivity contribution in [1.82, 2.24) is 9.80 Å². The van der Waals surface area contributed by atoms with E-state index in [1.807, 2.05) is 20.8 Å². The Morgan fingerprint density at radius 1 is 1.09 bits per heavy atom. The lowest BCUT2D eigenvalue weighted by Gasteiger charge is -2.35. The summed E-state index contributed by atoms with van der Waals surface area (Å²) in [6.07, 6.45) is -0.383. The smallest absolute Gasteiger partial charge is 0.410 e. The molecule has 1 heterocycles. The van der Waals surface area contributed by atoms with Crippen molar-refractivity contribution in [1.29, 1.82) is 0 Å². The highest BCUT2D eigenvalue weighted by atomic mass is 19.1. The number of halogens is 1. The van der Waals surface area contributed by atoms with Crippen LogP contribution in [0.3, 0.4) is 0 Å². The van der Waals surface area contributed by atoms with Gasteiger partial charge < -0.3 is 14.5 Å². The molecule has 0 spiro atoms. The topological polar surface area (TPSA) is 49.9 Å². The van der Waals surface area contributed by atoms with Crippen molar-refractivity contribution in [2.75, 3.05) is 26.2 Å². The van der Waals surface area contributed by atoms with Crippen LogP contribution in [0.4, 0.5) is 9.18 Å². The van der Waals surface area contributed by atoms with E-state index in [9.17, 15) is 14.0 Å². The first-order valence-electron chi connectivity index (χ1n) is 7.71. The molecule has 0 radical (unpaired) electrons. The van der Waals surface area contributed by atoms with Gasteiger partial charge >= 0.3 is 6.09 Å². The third kappa shape index (κ3) is 4.43. The van der Waals surface area contributed by atoms with Crippen LogP contribution in [0.25, 0.3) is 0 Å². The fourth-order valence-corrected chi connectivity index (χ4v) is 2.38. The Morgan fingerprint density at radius 2 is 1.65 bits per heavy atom. The molecule has 6 heteroatoms. The lowest BCUT2D eigenvalue weighted by molar-refractivity contribution is 0.0140. The molecule has 2 amide bonds. The fraction of sp³-hybridized carbons (Fsp3) is 0.529. The highest BCUT2D eigenvalue weighted by Gasteiger charge is 2.28. The van der Waals surface area contributed by atoms with E-state index < -0.39 is 11.4 Å². The Balaban J connectivity index is 1.96. The highest BCUT2D eigenvalue weighted by molar-refractivity contribution is 5.94. The van der Waals surface area contributed by atoms with Gasteiger partial charge in [-0.3, -0.25) is 4.79 Å². The molecule has 1 aromatic carbocycles. The predicted molar refractivity (Wildman–Crippen MR) is 84.8 cm³/mol. The molecule has 0 aromatic heterocycles. The highest BCUT2D eigenvalue weighted by Crippen LogP contribution is 2.16. The van der Waals surface area contributed by atoms with Gasteiger partial charge in [-0.15, -0.1) is 0 Å². The number of aryl methyl sites for hydroxylation is 1. The summed E-state index contributed by atoms with van der Waals surface area (Å²) in [4.78, 5) is 27.5. The van der Waals surface area contributed by atoms with Crippen LogP contribution in [-0.4, -0.2) is 53.6 Å². The first kappa shape index (κ1) is 17.2. The maximum Gasteiger partial charge on any atom is 0.410 e. The average molecular weight is 322 g/mol. The van der Waals surface area contributed by atoms with E-state index in [1.165, 1.54) is 12.1 Å². The number of piperazine rings is 1. The van der Waals surface area contributed by atoms with Crippen molar-refractivity contribution in [2.24, 2.45) is 0 Å². The van der Waals surface area contributed by atoms with Crippen LogP contribution >= 0.6 is 0 Å². The van der Waals surface area contributed by atoms with Gasteiger partial charge in [0.05, 0.1) is 5.56 Å². The van der Waals surface area contributed by atoms with E-state index in [2.05, 4.69) is 0 Å². The summed E-state index contributed by atoms with van der Waals surface area (Å²) >= 11 is 0. The number of ether oxygens (including phenoxy) is 1. The van der Waals surface area contributed by atoms with Crippen LogP contribution in [0.1, 0.15) is 36.7 Å². The van der Waals surface area contributed by atoms with Crippen molar-refractivity contribution in [3.8, 4) is 0 Å². The number of rotatable bonds is 1. The molecule has 2 rings (SSSR count). The summed E-state index contributed by atoms with van der Waals surface area (Å²) in [5.41, 5.74) is 0.296. The van der Waals surface area contributed by atoms with Crippen LogP contribution in [0.2, 0.25) is 0 Å². The normalized spacial score (nSPS) is 15.5. The Bertz CT molecular complexity index is 602. The molecule has 23 heavy (non-hydrogen) atoms. The molecule has 0 N–H and O–H groups in total. The van der Waals surface area contributed by atoms with Gasteiger partial charge in [0.2, 0.25) is 0 Å². The monoisotopic (exact) mass is 322 g/mol. The average Bonchev–Trinajstić information content (AvgIpc) is 2.45. The first-order valence-corrected chi connectivity index (χ1v) is 7.71. The van der Waals surface area contributed by atoms with Gasteiger partial charge in [0.15, 0.2) is 0 Å².